The second kappa shape index (κ2) is 7.78. The SMILES string of the molecule is O=c1oc2ccc3ccccc3c2cc1-c1csc(-c2nc(-c3ccc(Br)cc3)cs2)n1. The summed E-state index contributed by atoms with van der Waals surface area (Å²) in [5.41, 5.74) is 3.21. The maximum absolute atomic E-state index is 12.7. The zero-order valence-corrected chi connectivity index (χ0v) is 19.6. The van der Waals surface area contributed by atoms with Crippen molar-refractivity contribution < 1.29 is 4.42 Å². The van der Waals surface area contributed by atoms with E-state index in [9.17, 15) is 4.79 Å². The van der Waals surface area contributed by atoms with Crippen LogP contribution in [0.15, 0.2) is 91.2 Å². The third kappa shape index (κ3) is 3.39. The van der Waals surface area contributed by atoms with Crippen LogP contribution >= 0.6 is 38.6 Å². The van der Waals surface area contributed by atoms with Crippen LogP contribution in [0.25, 0.3) is 54.3 Å². The van der Waals surface area contributed by atoms with Crippen molar-refractivity contribution in [3.63, 3.8) is 0 Å². The van der Waals surface area contributed by atoms with Crippen molar-refractivity contribution in [1.82, 2.24) is 9.97 Å². The lowest BCUT2D eigenvalue weighted by Gasteiger charge is -2.04. The third-order valence-corrected chi connectivity index (χ3v) is 7.61. The second-order valence-electron chi connectivity index (χ2n) is 7.23. The van der Waals surface area contributed by atoms with Crippen LogP contribution in [0.5, 0.6) is 0 Å². The fourth-order valence-corrected chi connectivity index (χ4v) is 5.63. The summed E-state index contributed by atoms with van der Waals surface area (Å²) in [5, 5.41) is 8.57. The molecule has 0 saturated carbocycles. The van der Waals surface area contributed by atoms with E-state index in [0.717, 1.165) is 41.9 Å². The Hall–Kier alpha value is -3.13. The van der Waals surface area contributed by atoms with Gasteiger partial charge in [0.25, 0.3) is 0 Å². The first-order valence-corrected chi connectivity index (χ1v) is 12.3. The number of benzene rings is 3. The fraction of sp³-hybridized carbons (Fsp3) is 0. The van der Waals surface area contributed by atoms with E-state index in [4.69, 9.17) is 14.4 Å². The molecule has 154 valence electrons. The highest BCUT2D eigenvalue weighted by atomic mass is 79.9. The predicted molar refractivity (Wildman–Crippen MR) is 135 cm³/mol. The number of rotatable bonds is 3. The summed E-state index contributed by atoms with van der Waals surface area (Å²) >= 11 is 6.48. The molecule has 0 aliphatic heterocycles. The van der Waals surface area contributed by atoms with E-state index in [-0.39, 0.29) is 5.63 Å². The van der Waals surface area contributed by atoms with Crippen molar-refractivity contribution in [2.24, 2.45) is 0 Å². The van der Waals surface area contributed by atoms with Gasteiger partial charge < -0.3 is 4.42 Å². The number of fused-ring (bicyclic) bond motifs is 3. The first-order chi connectivity index (χ1) is 15.7. The molecule has 3 heterocycles. The molecule has 0 bridgehead atoms. The summed E-state index contributed by atoms with van der Waals surface area (Å²) in [5.74, 6) is 0. The van der Waals surface area contributed by atoms with Crippen LogP contribution in [-0.2, 0) is 0 Å². The van der Waals surface area contributed by atoms with Gasteiger partial charge in [-0.05, 0) is 35.0 Å². The van der Waals surface area contributed by atoms with E-state index in [1.165, 1.54) is 11.3 Å². The Balaban J connectivity index is 1.41. The molecule has 0 N–H and O–H groups in total. The molecule has 0 atom stereocenters. The Kier molecular flexibility index (Phi) is 4.75. The molecule has 0 amide bonds. The first-order valence-electron chi connectivity index (χ1n) is 9.79. The Morgan fingerprint density at radius 2 is 1.50 bits per heavy atom. The highest BCUT2D eigenvalue weighted by Crippen LogP contribution is 2.34. The third-order valence-electron chi connectivity index (χ3n) is 5.25. The number of hydrogen-bond donors (Lipinski definition) is 0. The average molecular weight is 517 g/mol. The van der Waals surface area contributed by atoms with E-state index in [0.29, 0.717) is 16.8 Å². The Morgan fingerprint density at radius 1 is 0.781 bits per heavy atom. The number of halogens is 1. The second-order valence-corrected chi connectivity index (χ2v) is 9.86. The lowest BCUT2D eigenvalue weighted by atomic mass is 10.0. The summed E-state index contributed by atoms with van der Waals surface area (Å²) in [7, 11) is 0. The maximum atomic E-state index is 12.7. The standard InChI is InChI=1S/C25H13BrN2O2S2/c26-16-8-5-15(6-9-16)20-12-31-23(27-20)24-28-21(13-32-24)19-11-18-17-4-2-1-3-14(17)7-10-22(18)30-25(19)29/h1-13H. The minimum absolute atomic E-state index is 0.390. The minimum atomic E-state index is -0.390. The smallest absolute Gasteiger partial charge is 0.345 e. The van der Waals surface area contributed by atoms with E-state index in [2.05, 4.69) is 15.9 Å². The van der Waals surface area contributed by atoms with Crippen molar-refractivity contribution in [2.75, 3.05) is 0 Å². The maximum Gasteiger partial charge on any atom is 0.345 e. The number of aromatic nitrogens is 2. The zero-order chi connectivity index (χ0) is 21.7. The largest absolute Gasteiger partial charge is 0.422 e. The van der Waals surface area contributed by atoms with Gasteiger partial charge in [-0.1, -0.05) is 58.4 Å². The van der Waals surface area contributed by atoms with Gasteiger partial charge in [-0.25, -0.2) is 14.8 Å². The van der Waals surface area contributed by atoms with Gasteiger partial charge in [0, 0.05) is 26.2 Å². The topological polar surface area (TPSA) is 56.0 Å². The predicted octanol–water partition coefficient (Wildman–Crippen LogP) is 7.62. The molecular weight excluding hydrogens is 504 g/mol. The molecule has 0 aliphatic rings. The molecule has 32 heavy (non-hydrogen) atoms. The quantitative estimate of drug-likeness (QED) is 0.179. The Labute approximate surface area is 199 Å². The molecule has 3 aromatic heterocycles. The van der Waals surface area contributed by atoms with Crippen LogP contribution in [0.4, 0.5) is 0 Å². The van der Waals surface area contributed by atoms with Crippen LogP contribution in [-0.4, -0.2) is 9.97 Å². The molecule has 0 saturated heterocycles. The monoisotopic (exact) mass is 516 g/mol. The van der Waals surface area contributed by atoms with E-state index >= 15 is 0 Å². The lowest BCUT2D eigenvalue weighted by Crippen LogP contribution is -2.03. The molecule has 0 aliphatic carbocycles. The van der Waals surface area contributed by atoms with Crippen LogP contribution in [0.2, 0.25) is 0 Å². The van der Waals surface area contributed by atoms with Gasteiger partial charge in [0.05, 0.1) is 17.0 Å². The molecule has 7 heteroatoms. The van der Waals surface area contributed by atoms with E-state index < -0.39 is 0 Å². The van der Waals surface area contributed by atoms with Crippen LogP contribution in [0, 0.1) is 0 Å². The summed E-state index contributed by atoms with van der Waals surface area (Å²) < 4.78 is 6.66. The molecule has 0 fully saturated rings. The van der Waals surface area contributed by atoms with Gasteiger partial charge in [0.2, 0.25) is 0 Å². The highest BCUT2D eigenvalue weighted by Gasteiger charge is 2.16. The van der Waals surface area contributed by atoms with Crippen LogP contribution in [0.1, 0.15) is 0 Å². The summed E-state index contributed by atoms with van der Waals surface area (Å²) in [4.78, 5) is 22.2. The van der Waals surface area contributed by atoms with E-state index in [1.54, 1.807) is 11.3 Å². The molecule has 0 spiro atoms. The van der Waals surface area contributed by atoms with Crippen LogP contribution < -0.4 is 5.63 Å². The van der Waals surface area contributed by atoms with Gasteiger partial charge in [-0.15, -0.1) is 22.7 Å². The summed E-state index contributed by atoms with van der Waals surface area (Å²) in [6, 6.07) is 21.8. The lowest BCUT2D eigenvalue weighted by molar-refractivity contribution is 0.563. The van der Waals surface area contributed by atoms with Crippen molar-refractivity contribution in [2.45, 2.75) is 0 Å². The average Bonchev–Trinajstić information content (AvgIpc) is 3.49. The van der Waals surface area contributed by atoms with Crippen molar-refractivity contribution in [1.29, 1.82) is 0 Å². The fourth-order valence-electron chi connectivity index (χ4n) is 3.67. The highest BCUT2D eigenvalue weighted by molar-refractivity contribution is 9.10. The Bertz CT molecular complexity index is 1670. The number of nitrogens with zero attached hydrogens (tertiary/aromatic N) is 2. The van der Waals surface area contributed by atoms with Crippen molar-refractivity contribution in [3.8, 4) is 32.5 Å². The molecule has 4 nitrogen and oxygen atoms in total. The molecule has 6 aromatic rings. The molecule has 0 unspecified atom stereocenters. The molecule has 0 radical (unpaired) electrons. The van der Waals surface area contributed by atoms with Gasteiger partial charge in [0.15, 0.2) is 10.0 Å². The van der Waals surface area contributed by atoms with Gasteiger partial charge in [-0.3, -0.25) is 0 Å². The van der Waals surface area contributed by atoms with Crippen molar-refractivity contribution in [3.05, 3.63) is 92.4 Å². The number of hydrogen-bond acceptors (Lipinski definition) is 6. The van der Waals surface area contributed by atoms with Gasteiger partial charge in [-0.2, -0.15) is 0 Å². The molecular formula is C25H13BrN2O2S2. The molecule has 6 rings (SSSR count). The molecule has 3 aromatic carbocycles. The van der Waals surface area contributed by atoms with Crippen molar-refractivity contribution >= 4 is 60.3 Å². The number of thiazole rings is 2. The van der Waals surface area contributed by atoms with Crippen LogP contribution in [0.3, 0.4) is 0 Å². The minimum Gasteiger partial charge on any atom is -0.422 e. The summed E-state index contributed by atoms with van der Waals surface area (Å²) in [6.45, 7) is 0. The van der Waals surface area contributed by atoms with Gasteiger partial charge in [0.1, 0.15) is 5.58 Å². The zero-order valence-electron chi connectivity index (χ0n) is 16.4. The summed E-state index contributed by atoms with van der Waals surface area (Å²) in [6.07, 6.45) is 0. The Morgan fingerprint density at radius 3 is 2.31 bits per heavy atom. The normalized spacial score (nSPS) is 11.4. The van der Waals surface area contributed by atoms with E-state index in [1.807, 2.05) is 77.5 Å². The first kappa shape index (κ1) is 19.5. The van der Waals surface area contributed by atoms with Gasteiger partial charge >= 0.3 is 5.63 Å².